The van der Waals surface area contributed by atoms with E-state index in [-0.39, 0.29) is 6.03 Å². The summed E-state index contributed by atoms with van der Waals surface area (Å²) in [6, 6.07) is 8.53. The summed E-state index contributed by atoms with van der Waals surface area (Å²) < 4.78 is 11.2. The van der Waals surface area contributed by atoms with Crippen molar-refractivity contribution in [1.29, 1.82) is 0 Å². The number of benzene rings is 1. The molecule has 0 unspecified atom stereocenters. The first kappa shape index (κ1) is 19.0. The molecule has 1 aromatic rings. The third-order valence-corrected chi connectivity index (χ3v) is 5.18. The Bertz CT molecular complexity index is 567. The molecule has 1 aromatic carbocycles. The van der Waals surface area contributed by atoms with Crippen LogP contribution >= 0.6 is 0 Å². The molecule has 26 heavy (non-hydrogen) atoms. The molecule has 144 valence electrons. The van der Waals surface area contributed by atoms with Crippen LogP contribution in [0, 0.1) is 0 Å². The lowest BCUT2D eigenvalue weighted by Crippen LogP contribution is -2.51. The number of nitrogens with one attached hydrogen (secondary N) is 1. The zero-order valence-corrected chi connectivity index (χ0v) is 15.8. The molecule has 0 atom stereocenters. The van der Waals surface area contributed by atoms with Crippen LogP contribution in [0.3, 0.4) is 0 Å². The molecule has 2 aliphatic rings. The lowest BCUT2D eigenvalue weighted by Gasteiger charge is -2.40. The Labute approximate surface area is 156 Å². The summed E-state index contributed by atoms with van der Waals surface area (Å²) >= 11 is 0. The number of urea groups is 1. The number of hydrogen-bond donors (Lipinski definition) is 1. The van der Waals surface area contributed by atoms with Gasteiger partial charge in [0.1, 0.15) is 5.75 Å². The molecule has 6 nitrogen and oxygen atoms in total. The molecule has 2 aliphatic heterocycles. The predicted octanol–water partition coefficient (Wildman–Crippen LogP) is 2.48. The highest BCUT2D eigenvalue weighted by atomic mass is 16.5. The molecule has 0 radical (unpaired) electrons. The number of para-hydroxylation sites is 1. The number of piperidine rings is 1. The normalized spacial score (nSPS) is 19.3. The molecule has 2 heterocycles. The van der Waals surface area contributed by atoms with Crippen LogP contribution < -0.4 is 10.1 Å². The molecule has 6 heteroatoms. The summed E-state index contributed by atoms with van der Waals surface area (Å²) in [6.07, 6.45) is 3.06. The second-order valence-corrected chi connectivity index (χ2v) is 6.98. The van der Waals surface area contributed by atoms with E-state index in [1.165, 1.54) is 0 Å². The van der Waals surface area contributed by atoms with Crippen molar-refractivity contribution >= 4 is 6.03 Å². The van der Waals surface area contributed by atoms with E-state index in [1.807, 2.05) is 29.2 Å². The Hall–Kier alpha value is -1.79. The van der Waals surface area contributed by atoms with Gasteiger partial charge in [0, 0.05) is 44.3 Å². The zero-order valence-electron chi connectivity index (χ0n) is 15.8. The minimum absolute atomic E-state index is 0.0238. The second kappa shape index (κ2) is 9.78. The van der Waals surface area contributed by atoms with Crippen LogP contribution in [-0.4, -0.2) is 67.9 Å². The van der Waals surface area contributed by atoms with Crippen LogP contribution in [0.4, 0.5) is 4.79 Å². The van der Waals surface area contributed by atoms with Crippen LogP contribution in [-0.2, 0) is 11.3 Å². The van der Waals surface area contributed by atoms with Gasteiger partial charge in [-0.05, 0) is 25.3 Å². The van der Waals surface area contributed by atoms with E-state index in [9.17, 15) is 4.79 Å². The van der Waals surface area contributed by atoms with Crippen LogP contribution in [0.5, 0.6) is 5.75 Å². The molecule has 2 saturated heterocycles. The minimum atomic E-state index is 0.0238. The summed E-state index contributed by atoms with van der Waals surface area (Å²) in [7, 11) is 0. The highest BCUT2D eigenvalue weighted by Gasteiger charge is 2.27. The number of morpholine rings is 1. The Morgan fingerprint density at radius 1 is 1.19 bits per heavy atom. The Morgan fingerprint density at radius 3 is 2.65 bits per heavy atom. The smallest absolute Gasteiger partial charge is 0.317 e. The maximum atomic E-state index is 12.5. The summed E-state index contributed by atoms with van der Waals surface area (Å²) in [5.74, 6) is 0.862. The third kappa shape index (κ3) is 5.11. The van der Waals surface area contributed by atoms with Gasteiger partial charge in [-0.2, -0.15) is 0 Å². The average Bonchev–Trinajstić information content (AvgIpc) is 2.72. The number of carbonyl (C=O) groups excluding carboxylic acids is 1. The van der Waals surface area contributed by atoms with E-state index in [0.29, 0.717) is 19.2 Å². The first-order valence-electron chi connectivity index (χ1n) is 9.83. The number of likely N-dealkylation sites (tertiary alicyclic amines) is 1. The maximum absolute atomic E-state index is 12.5. The van der Waals surface area contributed by atoms with E-state index in [1.54, 1.807) is 0 Å². The van der Waals surface area contributed by atoms with E-state index in [0.717, 1.165) is 70.0 Å². The van der Waals surface area contributed by atoms with Gasteiger partial charge in [0.15, 0.2) is 0 Å². The first-order chi connectivity index (χ1) is 12.8. The molecule has 1 N–H and O–H groups in total. The van der Waals surface area contributed by atoms with Gasteiger partial charge < -0.3 is 19.7 Å². The summed E-state index contributed by atoms with van der Waals surface area (Å²) in [6.45, 7) is 8.63. The van der Waals surface area contributed by atoms with Crippen LogP contribution in [0.1, 0.15) is 31.7 Å². The Balaban J connectivity index is 1.44. The lowest BCUT2D eigenvalue weighted by molar-refractivity contribution is 0.00380. The molecular formula is C20H31N3O3. The zero-order chi connectivity index (χ0) is 18.2. The minimum Gasteiger partial charge on any atom is -0.493 e. The van der Waals surface area contributed by atoms with Gasteiger partial charge in [0.25, 0.3) is 0 Å². The molecule has 0 saturated carbocycles. The van der Waals surface area contributed by atoms with E-state index in [4.69, 9.17) is 9.47 Å². The van der Waals surface area contributed by atoms with Crippen molar-refractivity contribution in [3.63, 3.8) is 0 Å². The van der Waals surface area contributed by atoms with Crippen molar-refractivity contribution in [3.8, 4) is 5.75 Å². The third-order valence-electron chi connectivity index (χ3n) is 5.18. The topological polar surface area (TPSA) is 54.0 Å². The molecule has 0 aliphatic carbocycles. The maximum Gasteiger partial charge on any atom is 0.317 e. The van der Waals surface area contributed by atoms with E-state index in [2.05, 4.69) is 17.1 Å². The number of hydrogen-bond acceptors (Lipinski definition) is 4. The van der Waals surface area contributed by atoms with Gasteiger partial charge in [0.05, 0.1) is 19.8 Å². The van der Waals surface area contributed by atoms with Crippen LogP contribution in [0.25, 0.3) is 0 Å². The van der Waals surface area contributed by atoms with E-state index >= 15 is 0 Å². The second-order valence-electron chi connectivity index (χ2n) is 6.98. The van der Waals surface area contributed by atoms with Gasteiger partial charge >= 0.3 is 6.03 Å². The fraction of sp³-hybridized carbons (Fsp3) is 0.650. The molecular weight excluding hydrogens is 330 g/mol. The van der Waals surface area contributed by atoms with Gasteiger partial charge in [0.2, 0.25) is 0 Å². The number of amides is 2. The highest BCUT2D eigenvalue weighted by Crippen LogP contribution is 2.20. The van der Waals surface area contributed by atoms with Crippen molar-refractivity contribution in [3.05, 3.63) is 29.8 Å². The van der Waals surface area contributed by atoms with Crippen LogP contribution in [0.15, 0.2) is 24.3 Å². The molecule has 2 amide bonds. The number of nitrogens with zero attached hydrogens (tertiary/aromatic N) is 2. The summed E-state index contributed by atoms with van der Waals surface area (Å²) in [4.78, 5) is 17.0. The summed E-state index contributed by atoms with van der Waals surface area (Å²) in [5, 5.41) is 3.05. The van der Waals surface area contributed by atoms with Gasteiger partial charge in [-0.15, -0.1) is 0 Å². The van der Waals surface area contributed by atoms with Gasteiger partial charge in [-0.3, -0.25) is 4.90 Å². The quantitative estimate of drug-likeness (QED) is 0.846. The SMILES string of the molecule is CCCOc1ccccc1CNC(=O)N1CCC(N2CCOCC2)CC1. The number of rotatable bonds is 6. The average molecular weight is 361 g/mol. The van der Waals surface area contributed by atoms with Crippen molar-refractivity contribution in [2.24, 2.45) is 0 Å². The molecule has 2 fully saturated rings. The number of carbonyl (C=O) groups is 1. The molecule has 3 rings (SSSR count). The fourth-order valence-electron chi connectivity index (χ4n) is 3.66. The van der Waals surface area contributed by atoms with Crippen molar-refractivity contribution in [2.45, 2.75) is 38.8 Å². The van der Waals surface area contributed by atoms with E-state index < -0.39 is 0 Å². The van der Waals surface area contributed by atoms with Crippen molar-refractivity contribution in [2.75, 3.05) is 46.0 Å². The van der Waals surface area contributed by atoms with Gasteiger partial charge in [-0.25, -0.2) is 4.79 Å². The Kier molecular flexibility index (Phi) is 7.14. The molecule has 0 bridgehead atoms. The largest absolute Gasteiger partial charge is 0.493 e. The molecule has 0 aromatic heterocycles. The summed E-state index contributed by atoms with van der Waals surface area (Å²) in [5.41, 5.74) is 1.03. The standard InChI is InChI=1S/C20H31N3O3/c1-2-13-26-19-6-4-3-5-17(19)16-21-20(24)23-9-7-18(8-10-23)22-11-14-25-15-12-22/h3-6,18H,2,7-16H2,1H3,(H,21,24). The Morgan fingerprint density at radius 2 is 1.92 bits per heavy atom. The van der Waals surface area contributed by atoms with Gasteiger partial charge in [-0.1, -0.05) is 25.1 Å². The van der Waals surface area contributed by atoms with Crippen molar-refractivity contribution < 1.29 is 14.3 Å². The first-order valence-corrected chi connectivity index (χ1v) is 9.83. The van der Waals surface area contributed by atoms with Crippen LogP contribution in [0.2, 0.25) is 0 Å². The number of ether oxygens (including phenoxy) is 2. The fourth-order valence-corrected chi connectivity index (χ4v) is 3.66. The monoisotopic (exact) mass is 361 g/mol. The van der Waals surface area contributed by atoms with Crippen molar-refractivity contribution in [1.82, 2.24) is 15.1 Å². The predicted molar refractivity (Wildman–Crippen MR) is 101 cm³/mol. The highest BCUT2D eigenvalue weighted by molar-refractivity contribution is 5.74. The lowest BCUT2D eigenvalue weighted by atomic mass is 10.0. The molecule has 0 spiro atoms.